The Morgan fingerprint density at radius 2 is 2.00 bits per heavy atom. The van der Waals surface area contributed by atoms with Crippen LogP contribution in [0.15, 0.2) is 43.0 Å². The highest BCUT2D eigenvalue weighted by atomic mass is 32.1. The van der Waals surface area contributed by atoms with Gasteiger partial charge < -0.3 is 10.2 Å². The lowest BCUT2D eigenvalue weighted by atomic mass is 9.97. The fourth-order valence-corrected chi connectivity index (χ4v) is 5.35. The van der Waals surface area contributed by atoms with E-state index in [1.54, 1.807) is 28.5 Å². The molecule has 2 fully saturated rings. The lowest BCUT2D eigenvalue weighted by molar-refractivity contribution is 0.208. The van der Waals surface area contributed by atoms with Crippen molar-refractivity contribution in [2.75, 3.05) is 6.61 Å². The summed E-state index contributed by atoms with van der Waals surface area (Å²) < 4.78 is 3.66. The van der Waals surface area contributed by atoms with Crippen molar-refractivity contribution in [1.29, 1.82) is 0 Å². The van der Waals surface area contributed by atoms with Gasteiger partial charge in [-0.1, -0.05) is 17.3 Å². The molecule has 1 aromatic carbocycles. The fraction of sp³-hybridized carbons (Fsp3) is 0.381. The van der Waals surface area contributed by atoms with Crippen molar-refractivity contribution in [3.05, 3.63) is 64.8 Å². The van der Waals surface area contributed by atoms with E-state index in [-0.39, 0.29) is 12.0 Å². The first-order chi connectivity index (χ1) is 14.2. The van der Waals surface area contributed by atoms with Gasteiger partial charge in [0.05, 0.1) is 30.4 Å². The number of rotatable bonds is 6. The van der Waals surface area contributed by atoms with E-state index in [2.05, 4.69) is 27.4 Å². The lowest BCUT2D eigenvalue weighted by Gasteiger charge is -2.12. The Labute approximate surface area is 171 Å². The minimum Gasteiger partial charge on any atom is -0.395 e. The van der Waals surface area contributed by atoms with Crippen LogP contribution in [-0.2, 0) is 5.41 Å². The van der Waals surface area contributed by atoms with Gasteiger partial charge in [-0.3, -0.25) is 4.40 Å². The summed E-state index contributed by atoms with van der Waals surface area (Å²) >= 11 is 1.70. The minimum absolute atomic E-state index is 0.0451. The van der Waals surface area contributed by atoms with Crippen molar-refractivity contribution in [2.45, 2.75) is 43.1 Å². The highest BCUT2D eigenvalue weighted by Crippen LogP contribution is 2.48. The number of aliphatic hydroxyl groups is 2. The summed E-state index contributed by atoms with van der Waals surface area (Å²) in [5.74, 6) is 0.536. The van der Waals surface area contributed by atoms with Crippen LogP contribution in [0.4, 0.5) is 0 Å². The van der Waals surface area contributed by atoms with Crippen LogP contribution >= 0.6 is 11.3 Å². The summed E-state index contributed by atoms with van der Waals surface area (Å²) in [7, 11) is 0. The molecule has 148 valence electrons. The number of fused-ring (bicyclic) bond motifs is 1. The number of nitrogens with zero attached hydrogens (tertiary/aromatic N) is 5. The molecule has 0 spiro atoms. The molecule has 1 unspecified atom stereocenters. The second kappa shape index (κ2) is 6.22. The summed E-state index contributed by atoms with van der Waals surface area (Å²) in [6.07, 6.45) is 8.96. The predicted octanol–water partition coefficient (Wildman–Crippen LogP) is 2.96. The van der Waals surface area contributed by atoms with Crippen molar-refractivity contribution >= 4 is 16.2 Å². The van der Waals surface area contributed by atoms with Gasteiger partial charge >= 0.3 is 0 Å². The number of imidazole rings is 1. The Morgan fingerprint density at radius 3 is 2.69 bits per heavy atom. The molecule has 0 aliphatic heterocycles. The quantitative estimate of drug-likeness (QED) is 0.513. The van der Waals surface area contributed by atoms with Crippen molar-refractivity contribution in [3.8, 4) is 5.69 Å². The average Bonchev–Trinajstić information content (AvgIpc) is 3.61. The molecule has 0 amide bonds. The van der Waals surface area contributed by atoms with Gasteiger partial charge in [-0.15, -0.1) is 16.4 Å². The van der Waals surface area contributed by atoms with E-state index in [4.69, 9.17) is 0 Å². The SMILES string of the molecule is OCC1(c2ccc(-n3cc(C(O)c4c(C5CC5)sc5cncn45)nn3)cc2)CC1. The zero-order valence-electron chi connectivity index (χ0n) is 15.8. The van der Waals surface area contributed by atoms with Gasteiger partial charge in [0.15, 0.2) is 0 Å². The fourth-order valence-electron chi connectivity index (χ4n) is 4.05. The molecule has 8 heteroatoms. The summed E-state index contributed by atoms with van der Waals surface area (Å²) in [5, 5.41) is 29.2. The molecule has 0 radical (unpaired) electrons. The predicted molar refractivity (Wildman–Crippen MR) is 108 cm³/mol. The zero-order chi connectivity index (χ0) is 19.6. The Kier molecular flexibility index (Phi) is 3.72. The first kappa shape index (κ1) is 17.3. The van der Waals surface area contributed by atoms with E-state index in [9.17, 15) is 10.2 Å². The Bertz CT molecular complexity index is 1180. The molecule has 3 aromatic heterocycles. The molecule has 4 aromatic rings. The lowest BCUT2D eigenvalue weighted by Crippen LogP contribution is -2.11. The molecule has 2 aliphatic carbocycles. The third kappa shape index (κ3) is 2.74. The second-order valence-corrected chi connectivity index (χ2v) is 9.27. The molecule has 1 atom stereocenters. The third-order valence-electron chi connectivity index (χ3n) is 6.23. The van der Waals surface area contributed by atoms with Crippen molar-refractivity contribution in [2.24, 2.45) is 0 Å². The van der Waals surface area contributed by atoms with Crippen LogP contribution in [0.25, 0.3) is 10.5 Å². The van der Waals surface area contributed by atoms with E-state index < -0.39 is 6.10 Å². The van der Waals surface area contributed by atoms with Crippen LogP contribution in [0.5, 0.6) is 0 Å². The van der Waals surface area contributed by atoms with Gasteiger partial charge in [-0.05, 0) is 49.3 Å². The van der Waals surface area contributed by atoms with Crippen LogP contribution in [0.1, 0.15) is 59.5 Å². The van der Waals surface area contributed by atoms with Crippen LogP contribution in [0.2, 0.25) is 0 Å². The molecule has 0 bridgehead atoms. The zero-order valence-corrected chi connectivity index (χ0v) is 16.6. The summed E-state index contributed by atoms with van der Waals surface area (Å²) in [4.78, 5) is 6.49. The van der Waals surface area contributed by atoms with Gasteiger partial charge in [-0.2, -0.15) is 0 Å². The number of benzene rings is 1. The maximum Gasteiger partial charge on any atom is 0.141 e. The van der Waals surface area contributed by atoms with E-state index in [0.29, 0.717) is 11.6 Å². The molecule has 2 saturated carbocycles. The Hall–Kier alpha value is -2.55. The molecular weight excluding hydrogens is 386 g/mol. The number of hydrogen-bond donors (Lipinski definition) is 2. The third-order valence-corrected chi connectivity index (χ3v) is 7.50. The molecule has 2 N–H and O–H groups in total. The van der Waals surface area contributed by atoms with E-state index in [1.807, 2.05) is 22.7 Å². The topological polar surface area (TPSA) is 88.5 Å². The standard InChI is InChI=1S/C21H21N5O2S/c27-11-21(7-8-21)14-3-5-15(6-4-14)26-10-16(23-24-26)19(28)18-20(13-1-2-13)29-17-9-22-12-25(17)18/h3-6,9-10,12-13,19,27-28H,1-2,7-8,11H2. The molecule has 6 rings (SSSR count). The molecule has 29 heavy (non-hydrogen) atoms. The van der Waals surface area contributed by atoms with Gasteiger partial charge in [0.25, 0.3) is 0 Å². The molecule has 3 heterocycles. The van der Waals surface area contributed by atoms with Gasteiger partial charge in [-0.25, -0.2) is 9.67 Å². The first-order valence-corrected chi connectivity index (χ1v) is 10.8. The number of hydrogen-bond acceptors (Lipinski definition) is 6. The van der Waals surface area contributed by atoms with Crippen LogP contribution < -0.4 is 0 Å². The molecule has 0 saturated heterocycles. The number of thiazole rings is 1. The summed E-state index contributed by atoms with van der Waals surface area (Å²) in [6.45, 7) is 0.193. The molecular formula is C21H21N5O2S. The smallest absolute Gasteiger partial charge is 0.141 e. The highest BCUT2D eigenvalue weighted by Gasteiger charge is 2.43. The highest BCUT2D eigenvalue weighted by molar-refractivity contribution is 7.17. The summed E-state index contributed by atoms with van der Waals surface area (Å²) in [6, 6.07) is 8.08. The number of aromatic nitrogens is 5. The number of aliphatic hydroxyl groups excluding tert-OH is 2. The maximum absolute atomic E-state index is 11.1. The maximum atomic E-state index is 11.1. The minimum atomic E-state index is -0.842. The Morgan fingerprint density at radius 1 is 1.21 bits per heavy atom. The van der Waals surface area contributed by atoms with Crippen LogP contribution in [-0.4, -0.2) is 41.2 Å². The van der Waals surface area contributed by atoms with E-state index in [0.717, 1.165) is 29.1 Å². The first-order valence-electron chi connectivity index (χ1n) is 9.95. The van der Waals surface area contributed by atoms with Crippen molar-refractivity contribution in [1.82, 2.24) is 24.4 Å². The molecule has 2 aliphatic rings. The van der Waals surface area contributed by atoms with Crippen LogP contribution in [0, 0.1) is 0 Å². The van der Waals surface area contributed by atoms with Crippen molar-refractivity contribution < 1.29 is 10.2 Å². The van der Waals surface area contributed by atoms with Gasteiger partial charge in [0, 0.05) is 10.3 Å². The monoisotopic (exact) mass is 407 g/mol. The van der Waals surface area contributed by atoms with Gasteiger partial charge in [0.2, 0.25) is 0 Å². The summed E-state index contributed by atoms with van der Waals surface area (Å²) in [5.41, 5.74) is 3.40. The average molecular weight is 407 g/mol. The van der Waals surface area contributed by atoms with Gasteiger partial charge in [0.1, 0.15) is 23.0 Å². The van der Waals surface area contributed by atoms with E-state index in [1.165, 1.54) is 23.3 Å². The second-order valence-electron chi connectivity index (χ2n) is 8.20. The molecule has 7 nitrogen and oxygen atoms in total. The normalized spacial score (nSPS) is 19.0. The van der Waals surface area contributed by atoms with E-state index >= 15 is 0 Å². The Balaban J connectivity index is 1.32. The van der Waals surface area contributed by atoms with Crippen molar-refractivity contribution in [3.63, 3.8) is 0 Å². The van der Waals surface area contributed by atoms with Crippen LogP contribution in [0.3, 0.4) is 0 Å². The largest absolute Gasteiger partial charge is 0.395 e.